The fraction of sp³-hybridized carbons (Fsp3) is 0.250. The first-order chi connectivity index (χ1) is 21.4. The molecule has 0 spiro atoms. The highest BCUT2D eigenvalue weighted by Crippen LogP contribution is 2.12. The van der Waals surface area contributed by atoms with Crippen LogP contribution in [0.15, 0.2) is 82.8 Å². The molecule has 0 saturated carbocycles. The molecule has 3 aromatic carbocycles. The van der Waals surface area contributed by atoms with Gasteiger partial charge in [-0.05, 0) is 85.6 Å². The minimum atomic E-state index is -0.458. The van der Waals surface area contributed by atoms with E-state index in [0.29, 0.717) is 11.4 Å². The molecule has 0 unspecified atom stereocenters. The molecule has 4 amide bonds. The molecule has 2 aliphatic rings. The number of amides is 4. The summed E-state index contributed by atoms with van der Waals surface area (Å²) in [5.74, 6) is 0.0219. The molecule has 0 bridgehead atoms. The van der Waals surface area contributed by atoms with Crippen LogP contribution in [0.25, 0.3) is 0 Å². The molecule has 6 N–H and O–H groups in total. The fourth-order valence-corrected chi connectivity index (χ4v) is 4.58. The molecular formula is C32H35ClN8O4. The lowest BCUT2D eigenvalue weighted by Gasteiger charge is -2.15. The number of aliphatic imine (C=N–C) groups is 2. The summed E-state index contributed by atoms with van der Waals surface area (Å²) in [6, 6.07) is 20.6. The number of carbonyl (C=O) groups excluding carboxylic acids is 4. The van der Waals surface area contributed by atoms with Crippen LogP contribution in [0.5, 0.6) is 0 Å². The second-order valence-corrected chi connectivity index (χ2v) is 10.2. The average Bonchev–Trinajstić information content (AvgIpc) is 3.07. The van der Waals surface area contributed by atoms with Crippen LogP contribution in [-0.2, 0) is 9.59 Å². The van der Waals surface area contributed by atoms with Crippen molar-refractivity contribution in [2.45, 2.75) is 12.8 Å². The van der Waals surface area contributed by atoms with Crippen LogP contribution >= 0.6 is 12.4 Å². The molecule has 12 nitrogen and oxygen atoms in total. The maximum atomic E-state index is 12.5. The highest BCUT2D eigenvalue weighted by Gasteiger charge is 2.13. The van der Waals surface area contributed by atoms with Crippen LogP contribution in [0.3, 0.4) is 0 Å². The molecule has 3 aromatic rings. The quantitative estimate of drug-likeness (QED) is 0.201. The average molecular weight is 631 g/mol. The van der Waals surface area contributed by atoms with E-state index in [9.17, 15) is 19.2 Å². The summed E-state index contributed by atoms with van der Waals surface area (Å²) < 4.78 is 0. The summed E-state index contributed by atoms with van der Waals surface area (Å²) in [7, 11) is 0. The lowest BCUT2D eigenvalue weighted by Crippen LogP contribution is -2.33. The van der Waals surface area contributed by atoms with Crippen molar-refractivity contribution in [1.82, 2.24) is 21.3 Å². The van der Waals surface area contributed by atoms with Gasteiger partial charge in [-0.2, -0.15) is 0 Å². The number of benzene rings is 3. The third kappa shape index (κ3) is 9.38. The van der Waals surface area contributed by atoms with Gasteiger partial charge in [-0.3, -0.25) is 29.2 Å². The summed E-state index contributed by atoms with van der Waals surface area (Å²) in [5.41, 5.74) is 3.68. The lowest BCUT2D eigenvalue weighted by atomic mass is 10.1. The standard InChI is InChI=1S/C32H34N8O4.ClH/c41-27(39-25-11-7-21(8-12-25)29-33-15-1-16-34-29)19-37-31(43)23-3-5-24(6-4-23)32(44)38-20-28(42)40-26-13-9-22(10-14-26)30-35-17-2-18-36-30;/h3-14H,1-2,15-20H2,(H,33,34)(H,35,36)(H,37,43)(H,38,44)(H,39,41)(H,40,42);1H. The van der Waals surface area contributed by atoms with E-state index in [0.717, 1.165) is 61.8 Å². The zero-order valence-electron chi connectivity index (χ0n) is 24.5. The largest absolute Gasteiger partial charge is 0.370 e. The molecule has 2 aliphatic heterocycles. The number of hydrogen-bond donors (Lipinski definition) is 6. The van der Waals surface area contributed by atoms with E-state index in [1.165, 1.54) is 24.3 Å². The van der Waals surface area contributed by atoms with Gasteiger partial charge in [0.05, 0.1) is 13.1 Å². The van der Waals surface area contributed by atoms with Crippen LogP contribution < -0.4 is 31.9 Å². The lowest BCUT2D eigenvalue weighted by molar-refractivity contribution is -0.116. The molecule has 0 aromatic heterocycles. The van der Waals surface area contributed by atoms with Crippen LogP contribution in [0.1, 0.15) is 44.7 Å². The summed E-state index contributed by atoms with van der Waals surface area (Å²) in [4.78, 5) is 58.7. The van der Waals surface area contributed by atoms with Gasteiger partial charge in [0.2, 0.25) is 11.8 Å². The molecular weight excluding hydrogens is 596 g/mol. The number of anilines is 2. The van der Waals surface area contributed by atoms with Gasteiger partial charge in [-0.15, -0.1) is 12.4 Å². The van der Waals surface area contributed by atoms with E-state index in [1.807, 2.05) is 24.3 Å². The molecule has 45 heavy (non-hydrogen) atoms. The number of hydrogen-bond acceptors (Lipinski definition) is 8. The maximum Gasteiger partial charge on any atom is 0.251 e. The van der Waals surface area contributed by atoms with Gasteiger partial charge in [-0.25, -0.2) is 0 Å². The number of halogens is 1. The Morgan fingerprint density at radius 3 is 1.29 bits per heavy atom. The molecule has 234 valence electrons. The van der Waals surface area contributed by atoms with E-state index in [2.05, 4.69) is 41.9 Å². The van der Waals surface area contributed by atoms with E-state index in [-0.39, 0.29) is 48.4 Å². The van der Waals surface area contributed by atoms with Crippen LogP contribution in [-0.4, -0.2) is 74.6 Å². The predicted molar refractivity (Wildman–Crippen MR) is 177 cm³/mol. The molecule has 13 heteroatoms. The Morgan fingerprint density at radius 2 is 0.956 bits per heavy atom. The Bertz CT molecular complexity index is 1450. The molecule has 0 aliphatic carbocycles. The van der Waals surface area contributed by atoms with Gasteiger partial charge in [0.15, 0.2) is 0 Å². The van der Waals surface area contributed by atoms with Crippen molar-refractivity contribution in [3.05, 3.63) is 95.1 Å². The van der Waals surface area contributed by atoms with Crippen LogP contribution in [0.4, 0.5) is 11.4 Å². The first-order valence-electron chi connectivity index (χ1n) is 14.5. The van der Waals surface area contributed by atoms with Gasteiger partial charge in [0.25, 0.3) is 11.8 Å². The van der Waals surface area contributed by atoms with E-state index in [4.69, 9.17) is 0 Å². The van der Waals surface area contributed by atoms with E-state index >= 15 is 0 Å². The first kappa shape index (κ1) is 32.7. The Kier molecular flexibility index (Phi) is 11.6. The van der Waals surface area contributed by atoms with Crippen molar-refractivity contribution in [3.63, 3.8) is 0 Å². The van der Waals surface area contributed by atoms with E-state index < -0.39 is 11.8 Å². The Balaban J connectivity index is 0.00000461. The Morgan fingerprint density at radius 1 is 0.578 bits per heavy atom. The van der Waals surface area contributed by atoms with Crippen molar-refractivity contribution >= 4 is 59.1 Å². The molecule has 0 fully saturated rings. The number of carbonyl (C=O) groups is 4. The highest BCUT2D eigenvalue weighted by atomic mass is 35.5. The highest BCUT2D eigenvalue weighted by molar-refractivity contribution is 6.03. The zero-order chi connectivity index (χ0) is 30.7. The smallest absolute Gasteiger partial charge is 0.251 e. The molecule has 5 rings (SSSR count). The van der Waals surface area contributed by atoms with Gasteiger partial charge in [-0.1, -0.05) is 0 Å². The second-order valence-electron chi connectivity index (χ2n) is 10.2. The van der Waals surface area contributed by atoms with Gasteiger partial charge < -0.3 is 31.9 Å². The van der Waals surface area contributed by atoms with Crippen molar-refractivity contribution < 1.29 is 19.2 Å². The molecule has 0 atom stereocenters. The minimum Gasteiger partial charge on any atom is -0.370 e. The van der Waals surface area contributed by atoms with Crippen molar-refractivity contribution in [1.29, 1.82) is 0 Å². The summed E-state index contributed by atoms with van der Waals surface area (Å²) >= 11 is 0. The third-order valence-corrected chi connectivity index (χ3v) is 6.91. The van der Waals surface area contributed by atoms with Crippen molar-refractivity contribution in [3.8, 4) is 0 Å². The number of rotatable bonds is 10. The van der Waals surface area contributed by atoms with Gasteiger partial charge in [0, 0.05) is 59.8 Å². The second kappa shape index (κ2) is 16.0. The monoisotopic (exact) mass is 630 g/mol. The minimum absolute atomic E-state index is 0. The Labute approximate surface area is 267 Å². The number of nitrogens with one attached hydrogen (secondary N) is 6. The summed E-state index contributed by atoms with van der Waals surface area (Å²) in [6.07, 6.45) is 2.02. The van der Waals surface area contributed by atoms with Crippen molar-refractivity contribution in [2.75, 3.05) is 49.9 Å². The SMILES string of the molecule is Cl.O=C(CNC(=O)c1ccc(C(=O)NCC(=O)Nc2ccc(C3=NCCCN3)cc2)cc1)Nc1ccc(C2=NCCCN2)cc1. The Hall–Kier alpha value is -5.23. The van der Waals surface area contributed by atoms with Gasteiger partial charge in [0.1, 0.15) is 11.7 Å². The molecule has 0 radical (unpaired) electrons. The summed E-state index contributed by atoms with van der Waals surface area (Å²) in [5, 5.41) is 17.2. The first-order valence-corrected chi connectivity index (χ1v) is 14.5. The normalized spacial score (nSPS) is 13.8. The molecule has 0 saturated heterocycles. The van der Waals surface area contributed by atoms with Crippen LogP contribution in [0.2, 0.25) is 0 Å². The number of amidine groups is 2. The van der Waals surface area contributed by atoms with Crippen LogP contribution in [0, 0.1) is 0 Å². The third-order valence-electron chi connectivity index (χ3n) is 6.91. The number of nitrogens with zero attached hydrogens (tertiary/aromatic N) is 2. The molecule has 2 heterocycles. The van der Waals surface area contributed by atoms with Gasteiger partial charge >= 0.3 is 0 Å². The topological polar surface area (TPSA) is 165 Å². The van der Waals surface area contributed by atoms with E-state index in [1.54, 1.807) is 24.3 Å². The zero-order valence-corrected chi connectivity index (χ0v) is 25.3. The maximum absolute atomic E-state index is 12.5. The summed E-state index contributed by atoms with van der Waals surface area (Å²) in [6.45, 7) is 2.92. The predicted octanol–water partition coefficient (Wildman–Crippen LogP) is 2.33. The van der Waals surface area contributed by atoms with Crippen molar-refractivity contribution in [2.24, 2.45) is 9.98 Å². The fourth-order valence-electron chi connectivity index (χ4n) is 4.58.